The van der Waals surface area contributed by atoms with E-state index in [2.05, 4.69) is 17.2 Å². The molecule has 7 nitrogen and oxygen atoms in total. The third kappa shape index (κ3) is 4.77. The number of methoxy groups -OCH3 is 1. The molecule has 1 aliphatic rings. The van der Waals surface area contributed by atoms with Crippen molar-refractivity contribution in [2.45, 2.75) is 32.7 Å². The summed E-state index contributed by atoms with van der Waals surface area (Å²) >= 11 is 1.39. The van der Waals surface area contributed by atoms with Crippen LogP contribution in [0.4, 0.5) is 9.93 Å². The highest BCUT2D eigenvalue weighted by molar-refractivity contribution is 7.15. The Hall–Kier alpha value is -2.61. The summed E-state index contributed by atoms with van der Waals surface area (Å²) in [5.74, 6) is 0.454. The SMILES string of the molecule is CCCCOc1cccc(C(=O)Nc2nc3c(s2)CN(C(=O)OC)CC3)c1. The van der Waals surface area contributed by atoms with Crippen LogP contribution in [-0.4, -0.2) is 42.1 Å². The van der Waals surface area contributed by atoms with Crippen LogP contribution in [0, 0.1) is 0 Å². The van der Waals surface area contributed by atoms with Crippen LogP contribution in [0.1, 0.15) is 40.7 Å². The van der Waals surface area contributed by atoms with Crippen molar-refractivity contribution in [3.05, 3.63) is 40.4 Å². The second kappa shape index (κ2) is 8.85. The third-order valence-electron chi connectivity index (χ3n) is 4.25. The van der Waals surface area contributed by atoms with Crippen LogP contribution in [0.5, 0.6) is 5.75 Å². The number of fused-ring (bicyclic) bond motifs is 1. The second-order valence-electron chi connectivity index (χ2n) is 6.21. The fourth-order valence-corrected chi connectivity index (χ4v) is 3.78. The average Bonchev–Trinajstić information content (AvgIpc) is 3.09. The number of benzene rings is 1. The summed E-state index contributed by atoms with van der Waals surface area (Å²) in [4.78, 5) is 31.3. The molecule has 1 aliphatic heterocycles. The first-order chi connectivity index (χ1) is 13.1. The number of nitrogens with zero attached hydrogens (tertiary/aromatic N) is 2. The molecule has 1 aromatic carbocycles. The molecule has 1 aromatic heterocycles. The highest BCUT2D eigenvalue weighted by Gasteiger charge is 2.25. The number of thiazole rings is 1. The van der Waals surface area contributed by atoms with Gasteiger partial charge < -0.3 is 14.4 Å². The van der Waals surface area contributed by atoms with Crippen molar-refractivity contribution in [2.24, 2.45) is 0 Å². The van der Waals surface area contributed by atoms with Crippen molar-refractivity contribution in [2.75, 3.05) is 25.6 Å². The minimum Gasteiger partial charge on any atom is -0.494 e. The normalized spacial score (nSPS) is 13.0. The third-order valence-corrected chi connectivity index (χ3v) is 5.25. The van der Waals surface area contributed by atoms with Gasteiger partial charge in [0.25, 0.3) is 5.91 Å². The first kappa shape index (κ1) is 19.2. The molecule has 2 heterocycles. The highest BCUT2D eigenvalue weighted by atomic mass is 32.1. The topological polar surface area (TPSA) is 80.8 Å². The molecule has 0 aliphatic carbocycles. The summed E-state index contributed by atoms with van der Waals surface area (Å²) < 4.78 is 10.4. The number of ether oxygens (including phenoxy) is 2. The van der Waals surface area contributed by atoms with Gasteiger partial charge in [-0.1, -0.05) is 30.7 Å². The summed E-state index contributed by atoms with van der Waals surface area (Å²) in [6, 6.07) is 7.12. The fourth-order valence-electron chi connectivity index (χ4n) is 2.76. The molecular formula is C19H23N3O4S. The average molecular weight is 389 g/mol. The fraction of sp³-hybridized carbons (Fsp3) is 0.421. The minimum absolute atomic E-state index is 0.230. The minimum atomic E-state index is -0.348. The van der Waals surface area contributed by atoms with E-state index in [1.165, 1.54) is 18.4 Å². The van der Waals surface area contributed by atoms with Crippen molar-refractivity contribution in [1.29, 1.82) is 0 Å². The van der Waals surface area contributed by atoms with Crippen LogP contribution >= 0.6 is 11.3 Å². The molecule has 27 heavy (non-hydrogen) atoms. The zero-order chi connectivity index (χ0) is 19.2. The van der Waals surface area contributed by atoms with E-state index >= 15 is 0 Å². The molecule has 0 bridgehead atoms. The van der Waals surface area contributed by atoms with Crippen LogP contribution in [0.15, 0.2) is 24.3 Å². The van der Waals surface area contributed by atoms with Gasteiger partial charge >= 0.3 is 6.09 Å². The van der Waals surface area contributed by atoms with Crippen LogP contribution in [-0.2, 0) is 17.7 Å². The Labute approximate surface area is 162 Å². The molecule has 3 rings (SSSR count). The summed E-state index contributed by atoms with van der Waals surface area (Å²) in [7, 11) is 1.37. The maximum absolute atomic E-state index is 12.5. The van der Waals surface area contributed by atoms with E-state index in [0.29, 0.717) is 42.6 Å². The van der Waals surface area contributed by atoms with E-state index in [9.17, 15) is 9.59 Å². The predicted molar refractivity (Wildman–Crippen MR) is 103 cm³/mol. The highest BCUT2D eigenvalue weighted by Crippen LogP contribution is 2.29. The number of rotatable bonds is 6. The van der Waals surface area contributed by atoms with Gasteiger partial charge in [0, 0.05) is 23.4 Å². The Morgan fingerprint density at radius 2 is 2.22 bits per heavy atom. The number of anilines is 1. The van der Waals surface area contributed by atoms with Gasteiger partial charge in [-0.25, -0.2) is 9.78 Å². The van der Waals surface area contributed by atoms with Crippen LogP contribution in [0.2, 0.25) is 0 Å². The molecule has 0 unspecified atom stereocenters. The molecule has 2 aromatic rings. The number of hydrogen-bond donors (Lipinski definition) is 1. The molecule has 0 spiro atoms. The van der Waals surface area contributed by atoms with Crippen LogP contribution < -0.4 is 10.1 Å². The quantitative estimate of drug-likeness (QED) is 0.762. The Balaban J connectivity index is 1.65. The molecule has 2 amide bonds. The van der Waals surface area contributed by atoms with E-state index in [1.54, 1.807) is 23.1 Å². The lowest BCUT2D eigenvalue weighted by Gasteiger charge is -2.24. The molecular weight excluding hydrogens is 366 g/mol. The van der Waals surface area contributed by atoms with E-state index in [4.69, 9.17) is 9.47 Å². The molecule has 0 atom stereocenters. The van der Waals surface area contributed by atoms with Gasteiger partial charge in [0.15, 0.2) is 5.13 Å². The van der Waals surface area contributed by atoms with Crippen molar-refractivity contribution < 1.29 is 19.1 Å². The lowest BCUT2D eigenvalue weighted by atomic mass is 10.2. The van der Waals surface area contributed by atoms with Gasteiger partial charge in [0.2, 0.25) is 0 Å². The Kier molecular flexibility index (Phi) is 6.28. The Morgan fingerprint density at radius 3 is 3.00 bits per heavy atom. The van der Waals surface area contributed by atoms with Gasteiger partial charge in [0.1, 0.15) is 5.75 Å². The molecule has 0 saturated heterocycles. The molecule has 0 radical (unpaired) electrons. The number of carbonyl (C=O) groups excluding carboxylic acids is 2. The number of aromatic nitrogens is 1. The smallest absolute Gasteiger partial charge is 0.409 e. The summed E-state index contributed by atoms with van der Waals surface area (Å²) in [5.41, 5.74) is 1.44. The van der Waals surface area contributed by atoms with Crippen LogP contribution in [0.25, 0.3) is 0 Å². The number of nitrogens with one attached hydrogen (secondary N) is 1. The van der Waals surface area contributed by atoms with E-state index in [0.717, 1.165) is 23.4 Å². The lowest BCUT2D eigenvalue weighted by molar-refractivity contribution is 0.102. The van der Waals surface area contributed by atoms with Crippen molar-refractivity contribution in [3.8, 4) is 5.75 Å². The first-order valence-corrected chi connectivity index (χ1v) is 9.78. The zero-order valence-electron chi connectivity index (χ0n) is 15.5. The lowest BCUT2D eigenvalue weighted by Crippen LogP contribution is -2.35. The predicted octanol–water partition coefficient (Wildman–Crippen LogP) is 3.70. The van der Waals surface area contributed by atoms with Crippen LogP contribution in [0.3, 0.4) is 0 Å². The standard InChI is InChI=1S/C19H23N3O4S/c1-3-4-10-26-14-7-5-6-13(11-14)17(23)21-18-20-15-8-9-22(19(24)25-2)12-16(15)27-18/h5-7,11H,3-4,8-10,12H2,1-2H3,(H,20,21,23). The van der Waals surface area contributed by atoms with Gasteiger partial charge in [-0.3, -0.25) is 10.1 Å². The second-order valence-corrected chi connectivity index (χ2v) is 7.30. The number of hydrogen-bond acceptors (Lipinski definition) is 6. The van der Waals surface area contributed by atoms with Gasteiger partial charge in [-0.15, -0.1) is 0 Å². The molecule has 0 fully saturated rings. The maximum Gasteiger partial charge on any atom is 0.409 e. The number of carbonyl (C=O) groups is 2. The Bertz CT molecular complexity index is 821. The largest absolute Gasteiger partial charge is 0.494 e. The van der Waals surface area contributed by atoms with Gasteiger partial charge in [-0.05, 0) is 24.6 Å². The van der Waals surface area contributed by atoms with Gasteiger partial charge in [0.05, 0.1) is 26.0 Å². The van der Waals surface area contributed by atoms with Gasteiger partial charge in [-0.2, -0.15) is 0 Å². The molecule has 0 saturated carbocycles. The van der Waals surface area contributed by atoms with E-state index < -0.39 is 0 Å². The summed E-state index contributed by atoms with van der Waals surface area (Å²) in [5, 5.41) is 3.38. The molecule has 1 N–H and O–H groups in total. The van der Waals surface area contributed by atoms with E-state index in [-0.39, 0.29) is 12.0 Å². The maximum atomic E-state index is 12.5. The number of unbranched alkanes of at least 4 members (excludes halogenated alkanes) is 1. The monoisotopic (exact) mass is 389 g/mol. The van der Waals surface area contributed by atoms with E-state index in [1.807, 2.05) is 6.07 Å². The first-order valence-electron chi connectivity index (χ1n) is 8.96. The van der Waals surface area contributed by atoms with Crippen molar-refractivity contribution >= 4 is 28.5 Å². The van der Waals surface area contributed by atoms with Crippen molar-refractivity contribution in [1.82, 2.24) is 9.88 Å². The summed E-state index contributed by atoms with van der Waals surface area (Å²) in [6.45, 7) is 3.76. The van der Waals surface area contributed by atoms with Crippen molar-refractivity contribution in [3.63, 3.8) is 0 Å². The number of amides is 2. The summed E-state index contributed by atoms with van der Waals surface area (Å²) in [6.07, 6.45) is 2.34. The molecule has 144 valence electrons. The zero-order valence-corrected chi connectivity index (χ0v) is 16.3. The Morgan fingerprint density at radius 1 is 1.37 bits per heavy atom. The molecule has 8 heteroatoms.